The molecule has 12 nitrogen and oxygen atoms in total. The lowest BCUT2D eigenvalue weighted by Crippen LogP contribution is -2.59. The average molecular weight is 746 g/mol. The average Bonchev–Trinajstić information content (AvgIpc) is 3.14. The zero-order chi connectivity index (χ0) is 39.2. The molecule has 0 spiro atoms. The van der Waals surface area contributed by atoms with Crippen molar-refractivity contribution in [3.05, 3.63) is 29.8 Å². The van der Waals surface area contributed by atoms with Crippen molar-refractivity contribution in [1.29, 1.82) is 0 Å². The topological polar surface area (TPSA) is 127 Å². The van der Waals surface area contributed by atoms with Crippen molar-refractivity contribution in [2.75, 3.05) is 61.1 Å². The summed E-state index contributed by atoms with van der Waals surface area (Å²) in [4.78, 5) is 47.8. The van der Waals surface area contributed by atoms with E-state index in [9.17, 15) is 19.5 Å². The van der Waals surface area contributed by atoms with Crippen molar-refractivity contribution in [1.82, 2.24) is 14.7 Å². The van der Waals surface area contributed by atoms with E-state index in [4.69, 9.17) is 23.7 Å². The van der Waals surface area contributed by atoms with Gasteiger partial charge in [0.2, 0.25) is 0 Å². The van der Waals surface area contributed by atoms with Gasteiger partial charge in [-0.3, -0.25) is 19.3 Å². The minimum atomic E-state index is -1.46. The molecule has 12 heteroatoms. The lowest BCUT2D eigenvalue weighted by molar-refractivity contribution is -0.295. The van der Waals surface area contributed by atoms with E-state index in [-0.39, 0.29) is 42.4 Å². The molecule has 300 valence electrons. The summed E-state index contributed by atoms with van der Waals surface area (Å²) >= 11 is 0. The largest absolute Gasteiger partial charge is 0.497 e. The molecular weight excluding hydrogens is 678 g/mol. The first-order valence-corrected chi connectivity index (χ1v) is 19.5. The van der Waals surface area contributed by atoms with Crippen LogP contribution in [0.1, 0.15) is 90.9 Å². The van der Waals surface area contributed by atoms with E-state index in [0.29, 0.717) is 49.7 Å². The molecule has 0 radical (unpaired) electrons. The Morgan fingerprint density at radius 3 is 2.36 bits per heavy atom. The van der Waals surface area contributed by atoms with E-state index in [1.807, 2.05) is 55.9 Å². The Hall–Kier alpha value is -2.61. The van der Waals surface area contributed by atoms with Crippen LogP contribution in [0.3, 0.4) is 0 Å². The van der Waals surface area contributed by atoms with E-state index in [0.717, 1.165) is 25.8 Å². The predicted molar refractivity (Wildman–Crippen MR) is 203 cm³/mol. The Bertz CT molecular complexity index is 1380. The van der Waals surface area contributed by atoms with Crippen LogP contribution in [-0.4, -0.2) is 141 Å². The van der Waals surface area contributed by atoms with Crippen molar-refractivity contribution in [2.45, 2.75) is 123 Å². The first-order chi connectivity index (χ1) is 24.9. The van der Waals surface area contributed by atoms with Crippen molar-refractivity contribution in [2.24, 2.45) is 23.2 Å². The van der Waals surface area contributed by atoms with E-state index >= 15 is 0 Å². The number of benzene rings is 1. The van der Waals surface area contributed by atoms with Crippen LogP contribution in [0.25, 0.3) is 0 Å². The molecule has 1 N–H and O–H groups in total. The second-order valence-corrected chi connectivity index (χ2v) is 16.8. The van der Waals surface area contributed by atoms with Crippen molar-refractivity contribution in [3.63, 3.8) is 0 Å². The standard InChI is InChI=1S/C41H67N3O9/c1-12-43-24-26(2)23-41(7,50-11)36(53-38-34(45)33(42(8)9)20-27(3)52-38)28(4)35(46)40(5,6)39(48)51-25-31(43)21-29-16-18-44(19-17-29)37(47)30-14-13-15-32(22-30)49-10/h13-15,22,26-29,31,33-34,36,38,45H,12,16-21,23-25H2,1-11H3/t26-,27-,28+,31-,33+,34-,36-,38+,41-/m1/s1. The molecule has 0 aromatic heterocycles. The molecule has 0 aliphatic carbocycles. The number of nitrogens with zero attached hydrogens (tertiary/aromatic N) is 3. The van der Waals surface area contributed by atoms with Gasteiger partial charge in [-0.2, -0.15) is 0 Å². The molecule has 1 aromatic rings. The van der Waals surface area contributed by atoms with Gasteiger partial charge in [-0.15, -0.1) is 0 Å². The highest BCUT2D eigenvalue weighted by Gasteiger charge is 2.51. The summed E-state index contributed by atoms with van der Waals surface area (Å²) in [6.45, 7) is 16.1. The quantitative estimate of drug-likeness (QED) is 0.280. The van der Waals surface area contributed by atoms with Gasteiger partial charge in [0.05, 0.1) is 24.9 Å². The summed E-state index contributed by atoms with van der Waals surface area (Å²) in [5.41, 5.74) is -1.81. The highest BCUT2D eigenvalue weighted by atomic mass is 16.7. The maximum atomic E-state index is 14.4. The molecule has 3 aliphatic heterocycles. The highest BCUT2D eigenvalue weighted by molar-refractivity contribution is 6.04. The Kier molecular flexibility index (Phi) is 14.9. The number of esters is 1. The van der Waals surface area contributed by atoms with E-state index < -0.39 is 41.4 Å². The molecule has 3 aliphatic rings. The Labute approximate surface area is 317 Å². The fraction of sp³-hybridized carbons (Fsp3) is 0.780. The molecule has 1 aromatic carbocycles. The first-order valence-electron chi connectivity index (χ1n) is 19.5. The minimum absolute atomic E-state index is 0.00329. The van der Waals surface area contributed by atoms with Crippen LogP contribution in [0.5, 0.6) is 5.75 Å². The zero-order valence-corrected chi connectivity index (χ0v) is 34.1. The normalized spacial score (nSPS) is 34.2. The number of amides is 1. The van der Waals surface area contributed by atoms with Gasteiger partial charge < -0.3 is 38.6 Å². The molecular formula is C41H67N3O9. The van der Waals surface area contributed by atoms with Crippen LogP contribution in [0.2, 0.25) is 0 Å². The number of carbonyl (C=O) groups is 3. The van der Waals surface area contributed by atoms with Crippen molar-refractivity contribution in [3.8, 4) is 5.75 Å². The number of Topliss-reactive ketones (excluding diaryl/α,β-unsaturated/α-hetero) is 1. The van der Waals surface area contributed by atoms with Gasteiger partial charge in [-0.25, -0.2) is 0 Å². The smallest absolute Gasteiger partial charge is 0.319 e. The fourth-order valence-electron chi connectivity index (χ4n) is 8.78. The summed E-state index contributed by atoms with van der Waals surface area (Å²) in [7, 11) is 7.07. The molecule has 3 fully saturated rings. The lowest BCUT2D eigenvalue weighted by atomic mass is 9.74. The van der Waals surface area contributed by atoms with Crippen LogP contribution in [-0.2, 0) is 28.5 Å². The summed E-state index contributed by atoms with van der Waals surface area (Å²) < 4.78 is 30.5. The first kappa shape index (κ1) is 43.1. The van der Waals surface area contributed by atoms with Crippen LogP contribution in [0, 0.1) is 23.2 Å². The second-order valence-electron chi connectivity index (χ2n) is 16.8. The number of cyclic esters (lactones) is 1. The lowest BCUT2D eigenvalue weighted by Gasteiger charge is -2.47. The third-order valence-electron chi connectivity index (χ3n) is 12.1. The van der Waals surface area contributed by atoms with Gasteiger partial charge in [0.15, 0.2) is 12.1 Å². The third-order valence-corrected chi connectivity index (χ3v) is 12.1. The summed E-state index contributed by atoms with van der Waals surface area (Å²) in [5.74, 6) is -0.580. The fourth-order valence-corrected chi connectivity index (χ4v) is 8.78. The summed E-state index contributed by atoms with van der Waals surface area (Å²) in [6, 6.07) is 7.00. The number of likely N-dealkylation sites (N-methyl/N-ethyl adjacent to an activating group) is 2. The van der Waals surface area contributed by atoms with Crippen LogP contribution < -0.4 is 4.74 Å². The van der Waals surface area contributed by atoms with Gasteiger partial charge in [0.1, 0.15) is 23.9 Å². The maximum Gasteiger partial charge on any atom is 0.319 e. The molecule has 3 heterocycles. The Morgan fingerprint density at radius 2 is 1.75 bits per heavy atom. The minimum Gasteiger partial charge on any atom is -0.497 e. The second kappa shape index (κ2) is 18.3. The molecule has 0 unspecified atom stereocenters. The third kappa shape index (κ3) is 10.2. The number of rotatable bonds is 9. The van der Waals surface area contributed by atoms with E-state index in [1.54, 1.807) is 41.1 Å². The number of aliphatic hydroxyl groups is 1. The number of piperidine rings is 1. The predicted octanol–water partition coefficient (Wildman–Crippen LogP) is 4.66. The molecule has 9 atom stereocenters. The number of hydrogen-bond acceptors (Lipinski definition) is 11. The summed E-state index contributed by atoms with van der Waals surface area (Å²) in [6.07, 6.45) is 0.739. The van der Waals surface area contributed by atoms with E-state index in [2.05, 4.69) is 18.7 Å². The van der Waals surface area contributed by atoms with Crippen LogP contribution >= 0.6 is 0 Å². The highest BCUT2D eigenvalue weighted by Crippen LogP contribution is 2.39. The number of likely N-dealkylation sites (tertiary alicyclic amines) is 1. The number of aliphatic hydroxyl groups excluding tert-OH is 1. The van der Waals surface area contributed by atoms with E-state index in [1.165, 1.54) is 0 Å². The number of ketones is 1. The molecule has 4 rings (SSSR count). The SMILES string of the molecule is CCN1C[C@H](C)C[C@@](C)(OC)[C@H](O[C@@H]2O[C@H](C)C[C@H](N(C)C)[C@H]2O)[C@@H](C)C(=O)C(C)(C)C(=O)OC[C@H]1CC1CCN(C(=O)c2cccc(OC)c2)CC1. The number of methoxy groups -OCH3 is 2. The van der Waals surface area contributed by atoms with Gasteiger partial charge in [-0.05, 0) is 110 Å². The number of hydrogen-bond donors (Lipinski definition) is 1. The molecule has 0 saturated carbocycles. The molecule has 3 saturated heterocycles. The Morgan fingerprint density at radius 1 is 1.08 bits per heavy atom. The van der Waals surface area contributed by atoms with Gasteiger partial charge in [0, 0.05) is 50.3 Å². The van der Waals surface area contributed by atoms with Gasteiger partial charge in [0.25, 0.3) is 5.91 Å². The Balaban J connectivity index is 1.56. The maximum absolute atomic E-state index is 14.4. The monoisotopic (exact) mass is 745 g/mol. The van der Waals surface area contributed by atoms with Gasteiger partial charge in [-0.1, -0.05) is 26.8 Å². The molecule has 1 amide bonds. The van der Waals surface area contributed by atoms with Crippen molar-refractivity contribution < 1.29 is 43.2 Å². The number of ether oxygens (including phenoxy) is 5. The van der Waals surface area contributed by atoms with Crippen LogP contribution in [0.15, 0.2) is 24.3 Å². The number of carbonyl (C=O) groups excluding carboxylic acids is 3. The van der Waals surface area contributed by atoms with Crippen LogP contribution in [0.4, 0.5) is 0 Å². The van der Waals surface area contributed by atoms with Crippen molar-refractivity contribution >= 4 is 17.7 Å². The molecule has 0 bridgehead atoms. The zero-order valence-electron chi connectivity index (χ0n) is 34.1. The summed E-state index contributed by atoms with van der Waals surface area (Å²) in [5, 5.41) is 11.4. The molecule has 53 heavy (non-hydrogen) atoms. The van der Waals surface area contributed by atoms with Gasteiger partial charge >= 0.3 is 5.97 Å².